The van der Waals surface area contributed by atoms with Gasteiger partial charge in [-0.2, -0.15) is 0 Å². The second-order valence-electron chi connectivity index (χ2n) is 5.48. The van der Waals surface area contributed by atoms with Crippen molar-refractivity contribution >= 4 is 44.5 Å². The molecule has 0 bridgehead atoms. The van der Waals surface area contributed by atoms with Crippen molar-refractivity contribution in [3.63, 3.8) is 0 Å². The quantitative estimate of drug-likeness (QED) is 0.732. The Labute approximate surface area is 144 Å². The van der Waals surface area contributed by atoms with E-state index >= 15 is 0 Å². The zero-order chi connectivity index (χ0) is 16.7. The van der Waals surface area contributed by atoms with E-state index in [4.69, 9.17) is 0 Å². The second-order valence-corrected chi connectivity index (χ2v) is 7.67. The van der Waals surface area contributed by atoms with Gasteiger partial charge in [0.05, 0.1) is 15.1 Å². The molecule has 124 valence electrons. The van der Waals surface area contributed by atoms with Crippen molar-refractivity contribution in [2.24, 2.45) is 0 Å². The number of thiophene rings is 1. The number of carbonyl (C=O) groups is 1. The third kappa shape index (κ3) is 2.92. The highest BCUT2D eigenvalue weighted by molar-refractivity contribution is 7.18. The minimum atomic E-state index is -2.58. The maximum Gasteiger partial charge on any atom is 0.289 e. The van der Waals surface area contributed by atoms with Crippen LogP contribution < -0.4 is 10.6 Å². The van der Waals surface area contributed by atoms with Crippen LogP contribution in [0, 0.1) is 0 Å². The standard InChI is InChI=1S/C16H13F2N3OS2/c17-14(18)16-21-10-2-1-9(6-12(10)24-16)20-15(22)13-5-8-7-19-4-3-11(8)23-13/h1-2,5-6,14,19H,3-4,7H2,(H,20,22). The number of benzene rings is 1. The van der Waals surface area contributed by atoms with Crippen LogP contribution in [0.2, 0.25) is 0 Å². The van der Waals surface area contributed by atoms with Gasteiger partial charge in [0.2, 0.25) is 0 Å². The minimum Gasteiger partial charge on any atom is -0.321 e. The lowest BCUT2D eigenvalue weighted by Crippen LogP contribution is -2.21. The number of anilines is 1. The van der Waals surface area contributed by atoms with Crippen molar-refractivity contribution in [3.8, 4) is 0 Å². The van der Waals surface area contributed by atoms with Gasteiger partial charge in [-0.1, -0.05) is 0 Å². The van der Waals surface area contributed by atoms with E-state index in [0.29, 0.717) is 20.8 Å². The van der Waals surface area contributed by atoms with Gasteiger partial charge in [-0.25, -0.2) is 13.8 Å². The molecular formula is C16H13F2N3OS2. The van der Waals surface area contributed by atoms with Crippen LogP contribution in [0.25, 0.3) is 10.2 Å². The predicted molar refractivity (Wildman–Crippen MR) is 92.3 cm³/mol. The van der Waals surface area contributed by atoms with E-state index in [9.17, 15) is 13.6 Å². The molecule has 0 unspecified atom stereocenters. The van der Waals surface area contributed by atoms with Gasteiger partial charge in [0.15, 0.2) is 5.01 Å². The van der Waals surface area contributed by atoms with Crippen molar-refractivity contribution in [2.75, 3.05) is 11.9 Å². The molecule has 2 N–H and O–H groups in total. The van der Waals surface area contributed by atoms with Crippen molar-refractivity contribution in [1.29, 1.82) is 0 Å². The molecule has 4 nitrogen and oxygen atoms in total. The van der Waals surface area contributed by atoms with E-state index in [1.54, 1.807) is 18.2 Å². The smallest absolute Gasteiger partial charge is 0.289 e. The Kier molecular flexibility index (Phi) is 4.03. The Bertz CT molecular complexity index is 896. The second kappa shape index (κ2) is 6.19. The minimum absolute atomic E-state index is 0.174. The van der Waals surface area contributed by atoms with Crippen LogP contribution in [0.15, 0.2) is 24.3 Å². The number of thiazole rings is 1. The molecule has 4 rings (SSSR count). The summed E-state index contributed by atoms with van der Waals surface area (Å²) < 4.78 is 26.1. The molecule has 0 radical (unpaired) electrons. The molecular weight excluding hydrogens is 352 g/mol. The Morgan fingerprint density at radius 2 is 2.17 bits per heavy atom. The van der Waals surface area contributed by atoms with Gasteiger partial charge < -0.3 is 10.6 Å². The maximum absolute atomic E-state index is 12.7. The van der Waals surface area contributed by atoms with Crippen LogP contribution in [0.1, 0.15) is 31.5 Å². The summed E-state index contributed by atoms with van der Waals surface area (Å²) in [5.74, 6) is -0.174. The van der Waals surface area contributed by atoms with Crippen LogP contribution in [-0.2, 0) is 13.0 Å². The van der Waals surface area contributed by atoms with E-state index < -0.39 is 6.43 Å². The van der Waals surface area contributed by atoms with Gasteiger partial charge in [0.1, 0.15) is 0 Å². The zero-order valence-electron chi connectivity index (χ0n) is 12.4. The SMILES string of the molecule is O=C(Nc1ccc2nc(C(F)F)sc2c1)c1cc2c(s1)CCNC2. The molecule has 2 aromatic heterocycles. The number of halogens is 2. The molecule has 1 aliphatic heterocycles. The molecule has 0 fully saturated rings. The van der Waals surface area contributed by atoms with Crippen LogP contribution in [-0.4, -0.2) is 17.4 Å². The van der Waals surface area contributed by atoms with E-state index in [0.717, 1.165) is 30.8 Å². The molecule has 24 heavy (non-hydrogen) atoms. The number of amides is 1. The normalized spacial score (nSPS) is 14.1. The zero-order valence-corrected chi connectivity index (χ0v) is 14.1. The number of rotatable bonds is 3. The summed E-state index contributed by atoms with van der Waals surface area (Å²) >= 11 is 2.46. The Hall–Kier alpha value is -1.90. The van der Waals surface area contributed by atoms with E-state index in [2.05, 4.69) is 15.6 Å². The highest BCUT2D eigenvalue weighted by atomic mass is 32.1. The summed E-state index contributed by atoms with van der Waals surface area (Å²) in [5, 5.41) is 5.92. The third-order valence-corrected chi connectivity index (χ3v) is 6.08. The van der Waals surface area contributed by atoms with Gasteiger partial charge in [-0.05, 0) is 36.2 Å². The number of carbonyl (C=O) groups excluding carboxylic acids is 1. The first-order valence-corrected chi connectivity index (χ1v) is 9.06. The topological polar surface area (TPSA) is 54.0 Å². The molecule has 0 atom stereocenters. The number of hydrogen-bond donors (Lipinski definition) is 2. The van der Waals surface area contributed by atoms with Crippen LogP contribution >= 0.6 is 22.7 Å². The van der Waals surface area contributed by atoms with E-state index in [1.807, 2.05) is 6.07 Å². The summed E-state index contributed by atoms with van der Waals surface area (Å²) in [5.41, 5.74) is 2.28. The van der Waals surface area contributed by atoms with Gasteiger partial charge in [-0.3, -0.25) is 4.79 Å². The van der Waals surface area contributed by atoms with Gasteiger partial charge in [-0.15, -0.1) is 22.7 Å². The number of fused-ring (bicyclic) bond motifs is 2. The number of nitrogens with one attached hydrogen (secondary N) is 2. The highest BCUT2D eigenvalue weighted by Gasteiger charge is 2.18. The van der Waals surface area contributed by atoms with Crippen molar-refractivity contribution in [2.45, 2.75) is 19.4 Å². The Balaban J connectivity index is 1.56. The number of hydrogen-bond acceptors (Lipinski definition) is 5. The molecule has 1 aromatic carbocycles. The molecule has 0 spiro atoms. The van der Waals surface area contributed by atoms with E-state index in [-0.39, 0.29) is 10.9 Å². The third-order valence-electron chi connectivity index (χ3n) is 3.81. The fourth-order valence-electron chi connectivity index (χ4n) is 2.67. The molecule has 0 saturated carbocycles. The highest BCUT2D eigenvalue weighted by Crippen LogP contribution is 2.31. The summed E-state index contributed by atoms with van der Waals surface area (Å²) in [4.78, 5) is 18.2. The Morgan fingerprint density at radius 3 is 2.96 bits per heavy atom. The summed E-state index contributed by atoms with van der Waals surface area (Å²) in [7, 11) is 0. The fourth-order valence-corrected chi connectivity index (χ4v) is 4.61. The average molecular weight is 365 g/mol. The molecule has 0 aliphatic carbocycles. The lowest BCUT2D eigenvalue weighted by molar-refractivity contribution is 0.103. The predicted octanol–water partition coefficient (Wildman–Crippen LogP) is 4.19. The summed E-state index contributed by atoms with van der Waals surface area (Å²) in [6, 6.07) is 6.94. The number of aromatic nitrogens is 1. The van der Waals surface area contributed by atoms with Gasteiger partial charge in [0, 0.05) is 23.7 Å². The lowest BCUT2D eigenvalue weighted by Gasteiger charge is -2.10. The maximum atomic E-state index is 12.7. The van der Waals surface area contributed by atoms with Crippen molar-refractivity contribution < 1.29 is 13.6 Å². The monoisotopic (exact) mass is 365 g/mol. The molecule has 8 heteroatoms. The van der Waals surface area contributed by atoms with Crippen LogP contribution in [0.5, 0.6) is 0 Å². The number of alkyl halides is 2. The average Bonchev–Trinajstić information content (AvgIpc) is 3.18. The number of nitrogens with zero attached hydrogens (tertiary/aromatic N) is 1. The first kappa shape index (κ1) is 15.6. The Morgan fingerprint density at radius 1 is 1.29 bits per heavy atom. The summed E-state index contributed by atoms with van der Waals surface area (Å²) in [6.07, 6.45) is -1.64. The first-order valence-electron chi connectivity index (χ1n) is 7.42. The van der Waals surface area contributed by atoms with Crippen molar-refractivity contribution in [1.82, 2.24) is 10.3 Å². The molecule has 1 amide bonds. The van der Waals surface area contributed by atoms with Crippen LogP contribution in [0.3, 0.4) is 0 Å². The first-order chi connectivity index (χ1) is 11.6. The summed E-state index contributed by atoms with van der Waals surface area (Å²) in [6.45, 7) is 1.73. The molecule has 1 aliphatic rings. The lowest BCUT2D eigenvalue weighted by atomic mass is 10.1. The molecule has 3 aromatic rings. The van der Waals surface area contributed by atoms with E-state index in [1.165, 1.54) is 21.8 Å². The van der Waals surface area contributed by atoms with Crippen LogP contribution in [0.4, 0.5) is 14.5 Å². The fraction of sp³-hybridized carbons (Fsp3) is 0.250. The van der Waals surface area contributed by atoms with Crippen molar-refractivity contribution in [3.05, 3.63) is 44.6 Å². The molecule has 0 saturated heterocycles. The van der Waals surface area contributed by atoms with Gasteiger partial charge in [0.25, 0.3) is 12.3 Å². The van der Waals surface area contributed by atoms with Gasteiger partial charge >= 0.3 is 0 Å². The molecule has 3 heterocycles. The largest absolute Gasteiger partial charge is 0.321 e.